The molecule has 1 aromatic heterocycles. The molecular formula is C30H39N3O3. The number of methoxy groups -OCH3 is 1. The van der Waals surface area contributed by atoms with Gasteiger partial charge in [-0.05, 0) is 86.8 Å². The number of amides is 1. The Hall–Kier alpha value is -2.63. The fourth-order valence-corrected chi connectivity index (χ4v) is 7.40. The SMILES string of the molecule is COC(=O)c1cnn(-c2cccc([C@H]3CCCC(C(=O)N4CCCC5(CCCC5)C4)C3)c2)c1C1CC1. The Morgan fingerprint density at radius 2 is 1.81 bits per heavy atom. The molecule has 0 N–H and O–H groups in total. The zero-order valence-corrected chi connectivity index (χ0v) is 21.6. The van der Waals surface area contributed by atoms with Gasteiger partial charge >= 0.3 is 5.97 Å². The summed E-state index contributed by atoms with van der Waals surface area (Å²) >= 11 is 0. The van der Waals surface area contributed by atoms with Crippen LogP contribution in [0.1, 0.15) is 111 Å². The minimum absolute atomic E-state index is 0.140. The van der Waals surface area contributed by atoms with E-state index in [2.05, 4.69) is 34.3 Å². The lowest BCUT2D eigenvalue weighted by Crippen LogP contribution is -2.47. The number of esters is 1. The molecule has 6 heteroatoms. The molecule has 1 unspecified atom stereocenters. The lowest BCUT2D eigenvalue weighted by atomic mass is 9.75. The van der Waals surface area contributed by atoms with E-state index in [4.69, 9.17) is 4.74 Å². The summed E-state index contributed by atoms with van der Waals surface area (Å²) in [6.07, 6.45) is 15.8. The first kappa shape index (κ1) is 23.7. The van der Waals surface area contributed by atoms with Gasteiger partial charge in [0.15, 0.2) is 0 Å². The molecule has 1 amide bonds. The van der Waals surface area contributed by atoms with Gasteiger partial charge in [-0.3, -0.25) is 4.79 Å². The third-order valence-electron chi connectivity index (χ3n) is 9.42. The van der Waals surface area contributed by atoms with E-state index in [0.717, 1.165) is 63.0 Å². The Morgan fingerprint density at radius 1 is 1.00 bits per heavy atom. The van der Waals surface area contributed by atoms with E-state index in [9.17, 15) is 9.59 Å². The van der Waals surface area contributed by atoms with Crippen LogP contribution in [0.3, 0.4) is 0 Å². The van der Waals surface area contributed by atoms with E-state index in [0.29, 0.717) is 28.7 Å². The molecule has 3 saturated carbocycles. The Labute approximate surface area is 214 Å². The maximum atomic E-state index is 13.6. The van der Waals surface area contributed by atoms with E-state index >= 15 is 0 Å². The summed E-state index contributed by atoms with van der Waals surface area (Å²) in [5, 5.41) is 4.60. The molecule has 2 heterocycles. The molecule has 4 fully saturated rings. The predicted molar refractivity (Wildman–Crippen MR) is 138 cm³/mol. The average molecular weight is 490 g/mol. The van der Waals surface area contributed by atoms with Gasteiger partial charge in [-0.1, -0.05) is 31.4 Å². The van der Waals surface area contributed by atoms with Crippen molar-refractivity contribution in [2.75, 3.05) is 20.2 Å². The van der Waals surface area contributed by atoms with Crippen LogP contribution in [0, 0.1) is 11.3 Å². The molecule has 1 saturated heterocycles. The van der Waals surface area contributed by atoms with Crippen LogP contribution in [-0.4, -0.2) is 46.8 Å². The number of benzene rings is 1. The Bertz CT molecular complexity index is 1130. The fourth-order valence-electron chi connectivity index (χ4n) is 7.40. The summed E-state index contributed by atoms with van der Waals surface area (Å²) in [6.45, 7) is 1.94. The minimum atomic E-state index is -0.315. The summed E-state index contributed by atoms with van der Waals surface area (Å²) in [6, 6.07) is 8.60. The highest BCUT2D eigenvalue weighted by Crippen LogP contribution is 2.46. The van der Waals surface area contributed by atoms with Crippen molar-refractivity contribution in [1.82, 2.24) is 14.7 Å². The zero-order chi connectivity index (χ0) is 24.7. The van der Waals surface area contributed by atoms with Crippen molar-refractivity contribution in [3.05, 3.63) is 47.3 Å². The van der Waals surface area contributed by atoms with Crippen molar-refractivity contribution in [1.29, 1.82) is 0 Å². The van der Waals surface area contributed by atoms with Gasteiger partial charge in [-0.2, -0.15) is 5.10 Å². The number of piperidine rings is 1. The van der Waals surface area contributed by atoms with Gasteiger partial charge in [-0.15, -0.1) is 0 Å². The number of carbonyl (C=O) groups is 2. The molecule has 36 heavy (non-hydrogen) atoms. The number of ether oxygens (including phenoxy) is 1. The second kappa shape index (κ2) is 9.68. The zero-order valence-electron chi connectivity index (χ0n) is 21.6. The molecule has 4 aliphatic rings. The molecule has 6 rings (SSSR count). The van der Waals surface area contributed by atoms with Gasteiger partial charge < -0.3 is 9.64 Å². The molecule has 3 aliphatic carbocycles. The number of hydrogen-bond acceptors (Lipinski definition) is 4. The van der Waals surface area contributed by atoms with Crippen LogP contribution in [0.5, 0.6) is 0 Å². The Balaban J connectivity index is 1.19. The lowest BCUT2D eigenvalue weighted by Gasteiger charge is -2.42. The average Bonchev–Trinajstić information content (AvgIpc) is 3.51. The smallest absolute Gasteiger partial charge is 0.341 e. The predicted octanol–water partition coefficient (Wildman–Crippen LogP) is 5.99. The van der Waals surface area contributed by atoms with Gasteiger partial charge in [-0.25, -0.2) is 9.48 Å². The largest absolute Gasteiger partial charge is 0.465 e. The molecule has 1 spiro atoms. The lowest BCUT2D eigenvalue weighted by molar-refractivity contribution is -0.140. The molecule has 2 aromatic rings. The highest BCUT2D eigenvalue weighted by Gasteiger charge is 2.41. The number of likely N-dealkylation sites (tertiary alicyclic amines) is 1. The number of aromatic nitrogens is 2. The highest BCUT2D eigenvalue weighted by molar-refractivity contribution is 5.91. The first-order valence-corrected chi connectivity index (χ1v) is 14.1. The molecule has 1 aromatic carbocycles. The first-order chi connectivity index (χ1) is 17.6. The van der Waals surface area contributed by atoms with Crippen molar-refractivity contribution in [2.45, 2.75) is 88.9 Å². The normalized spacial score (nSPS) is 25.8. The summed E-state index contributed by atoms with van der Waals surface area (Å²) in [7, 11) is 1.43. The van der Waals surface area contributed by atoms with Gasteiger partial charge in [0.25, 0.3) is 0 Å². The van der Waals surface area contributed by atoms with Crippen LogP contribution in [0.2, 0.25) is 0 Å². The van der Waals surface area contributed by atoms with Crippen molar-refractivity contribution in [3.8, 4) is 5.69 Å². The summed E-state index contributed by atoms with van der Waals surface area (Å²) < 4.78 is 6.95. The standard InChI is InChI=1S/C30H39N3O3/c1-36-29(35)26-19-31-33(27(26)21-11-12-21)25-10-5-8-23(18-25)22-7-4-9-24(17-22)28(34)32-16-6-15-30(20-32)13-2-3-14-30/h5,8,10,18-19,21-22,24H,2-4,6-7,9,11-17,20H2,1H3/t22-,24?/m0/s1. The van der Waals surface area contributed by atoms with E-state index in [1.807, 2.05) is 4.68 Å². The van der Waals surface area contributed by atoms with E-state index in [-0.39, 0.29) is 11.9 Å². The second-order valence-electron chi connectivity index (χ2n) is 11.8. The summed E-state index contributed by atoms with van der Waals surface area (Å²) in [5.41, 5.74) is 4.25. The topological polar surface area (TPSA) is 64.4 Å². The summed E-state index contributed by atoms with van der Waals surface area (Å²) in [4.78, 5) is 28.2. The number of carbonyl (C=O) groups excluding carboxylic acids is 2. The van der Waals surface area contributed by atoms with Crippen LogP contribution < -0.4 is 0 Å². The van der Waals surface area contributed by atoms with Crippen molar-refractivity contribution >= 4 is 11.9 Å². The molecule has 0 radical (unpaired) electrons. The van der Waals surface area contributed by atoms with Crippen molar-refractivity contribution in [2.24, 2.45) is 11.3 Å². The minimum Gasteiger partial charge on any atom is -0.465 e. The third kappa shape index (κ3) is 4.48. The monoisotopic (exact) mass is 489 g/mol. The van der Waals surface area contributed by atoms with Crippen LogP contribution in [0.15, 0.2) is 30.5 Å². The number of rotatable bonds is 5. The molecule has 2 atom stereocenters. The van der Waals surface area contributed by atoms with Crippen molar-refractivity contribution < 1.29 is 14.3 Å². The fraction of sp³-hybridized carbons (Fsp3) is 0.633. The second-order valence-corrected chi connectivity index (χ2v) is 11.8. The first-order valence-electron chi connectivity index (χ1n) is 14.1. The maximum Gasteiger partial charge on any atom is 0.341 e. The van der Waals surface area contributed by atoms with Crippen LogP contribution >= 0.6 is 0 Å². The van der Waals surface area contributed by atoms with Gasteiger partial charge in [0.2, 0.25) is 5.91 Å². The van der Waals surface area contributed by atoms with E-state index in [1.165, 1.54) is 51.2 Å². The molecule has 192 valence electrons. The van der Waals surface area contributed by atoms with Crippen molar-refractivity contribution in [3.63, 3.8) is 0 Å². The molecule has 1 aliphatic heterocycles. The molecule has 6 nitrogen and oxygen atoms in total. The van der Waals surface area contributed by atoms with Gasteiger partial charge in [0.1, 0.15) is 5.56 Å². The van der Waals surface area contributed by atoms with Crippen LogP contribution in [0.4, 0.5) is 0 Å². The number of nitrogens with zero attached hydrogens (tertiary/aromatic N) is 3. The van der Waals surface area contributed by atoms with Crippen LogP contribution in [-0.2, 0) is 9.53 Å². The maximum absolute atomic E-state index is 13.6. The summed E-state index contributed by atoms with van der Waals surface area (Å²) in [5.74, 6) is 0.992. The highest BCUT2D eigenvalue weighted by atomic mass is 16.5. The van der Waals surface area contributed by atoms with Gasteiger partial charge in [0.05, 0.1) is 24.7 Å². The molecule has 0 bridgehead atoms. The molecular weight excluding hydrogens is 450 g/mol. The Morgan fingerprint density at radius 3 is 2.58 bits per heavy atom. The van der Waals surface area contributed by atoms with E-state index in [1.54, 1.807) is 6.20 Å². The van der Waals surface area contributed by atoms with Gasteiger partial charge in [0, 0.05) is 24.9 Å². The number of hydrogen-bond donors (Lipinski definition) is 0. The Kier molecular flexibility index (Phi) is 6.38. The van der Waals surface area contributed by atoms with Crippen LogP contribution in [0.25, 0.3) is 5.69 Å². The van der Waals surface area contributed by atoms with E-state index < -0.39 is 0 Å². The quantitative estimate of drug-likeness (QED) is 0.484. The third-order valence-corrected chi connectivity index (χ3v) is 9.42.